The first-order chi connectivity index (χ1) is 12.4. The second-order valence-electron chi connectivity index (χ2n) is 6.11. The van der Waals surface area contributed by atoms with Gasteiger partial charge in [-0.2, -0.15) is 4.31 Å². The van der Waals surface area contributed by atoms with Gasteiger partial charge in [0.1, 0.15) is 0 Å². The third-order valence-electron chi connectivity index (χ3n) is 3.93. The monoisotopic (exact) mass is 375 g/mol. The Morgan fingerprint density at radius 1 is 1.12 bits per heavy atom. The van der Waals surface area contributed by atoms with E-state index in [1.807, 2.05) is 24.3 Å². The Kier molecular flexibility index (Phi) is 7.74. The fourth-order valence-electron chi connectivity index (χ4n) is 2.51. The van der Waals surface area contributed by atoms with E-state index in [4.69, 9.17) is 0 Å². The Morgan fingerprint density at radius 2 is 1.85 bits per heavy atom. The number of carbonyl (C=O) groups excluding carboxylic acids is 1. The highest BCUT2D eigenvalue weighted by molar-refractivity contribution is 7.88. The second-order valence-corrected chi connectivity index (χ2v) is 8.09. The quantitative estimate of drug-likeness (QED) is 0.644. The maximum Gasteiger partial charge on any atom is 0.221 e. The van der Waals surface area contributed by atoms with Crippen LogP contribution in [-0.2, 0) is 27.8 Å². The van der Waals surface area contributed by atoms with E-state index >= 15 is 0 Å². The van der Waals surface area contributed by atoms with Crippen molar-refractivity contribution in [1.29, 1.82) is 0 Å². The minimum atomic E-state index is -3.41. The molecule has 0 spiro atoms. The number of aromatic nitrogens is 1. The lowest BCUT2D eigenvalue weighted by Gasteiger charge is -2.19. The SMILES string of the molecule is CS(=O)(=O)N(CCC(=O)NCCCc1ccccc1)Cc1ccccn1. The average Bonchev–Trinajstić information content (AvgIpc) is 2.63. The minimum absolute atomic E-state index is 0.130. The van der Waals surface area contributed by atoms with Crippen LogP contribution in [0.1, 0.15) is 24.1 Å². The van der Waals surface area contributed by atoms with Gasteiger partial charge in [0.25, 0.3) is 0 Å². The molecular formula is C19H25N3O3S. The van der Waals surface area contributed by atoms with Crippen LogP contribution in [0.3, 0.4) is 0 Å². The highest BCUT2D eigenvalue weighted by atomic mass is 32.2. The molecule has 1 amide bonds. The maximum atomic E-state index is 12.0. The fraction of sp³-hybridized carbons (Fsp3) is 0.368. The molecule has 2 rings (SSSR count). The number of nitrogens with zero attached hydrogens (tertiary/aromatic N) is 2. The predicted octanol–water partition coefficient (Wildman–Crippen LogP) is 1.98. The summed E-state index contributed by atoms with van der Waals surface area (Å²) in [5.41, 5.74) is 1.89. The maximum absolute atomic E-state index is 12.0. The number of hydrogen-bond donors (Lipinski definition) is 1. The standard InChI is InChI=1S/C19H25N3O3S/c1-26(24,25)22(16-18-11-5-6-13-20-18)15-12-19(23)21-14-7-10-17-8-3-2-4-9-17/h2-6,8-9,11,13H,7,10,12,14-16H2,1H3,(H,21,23). The normalized spacial score (nSPS) is 11.5. The number of carbonyl (C=O) groups is 1. The van der Waals surface area contributed by atoms with E-state index in [0.29, 0.717) is 12.2 Å². The zero-order valence-corrected chi connectivity index (χ0v) is 15.8. The van der Waals surface area contributed by atoms with Crippen LogP contribution in [-0.4, -0.2) is 43.0 Å². The van der Waals surface area contributed by atoms with E-state index in [-0.39, 0.29) is 25.4 Å². The Bertz CT molecular complexity index is 780. The summed E-state index contributed by atoms with van der Waals surface area (Å²) in [5, 5.41) is 2.85. The van der Waals surface area contributed by atoms with Crippen molar-refractivity contribution in [2.75, 3.05) is 19.3 Å². The van der Waals surface area contributed by atoms with E-state index < -0.39 is 10.0 Å². The first-order valence-electron chi connectivity index (χ1n) is 8.61. The van der Waals surface area contributed by atoms with Crippen molar-refractivity contribution in [2.24, 2.45) is 0 Å². The predicted molar refractivity (Wildman–Crippen MR) is 102 cm³/mol. The van der Waals surface area contributed by atoms with Gasteiger partial charge in [-0.15, -0.1) is 0 Å². The van der Waals surface area contributed by atoms with E-state index in [1.54, 1.807) is 18.3 Å². The number of rotatable bonds is 10. The lowest BCUT2D eigenvalue weighted by atomic mass is 10.1. The van der Waals surface area contributed by atoms with Crippen LogP contribution in [0.4, 0.5) is 0 Å². The number of nitrogens with one attached hydrogen (secondary N) is 1. The third-order valence-corrected chi connectivity index (χ3v) is 5.18. The molecule has 6 nitrogen and oxygen atoms in total. The Balaban J connectivity index is 1.74. The largest absolute Gasteiger partial charge is 0.356 e. The smallest absolute Gasteiger partial charge is 0.221 e. The highest BCUT2D eigenvalue weighted by Gasteiger charge is 2.18. The molecule has 1 heterocycles. The van der Waals surface area contributed by atoms with Crippen LogP contribution in [0.25, 0.3) is 0 Å². The van der Waals surface area contributed by atoms with Crippen molar-refractivity contribution >= 4 is 15.9 Å². The number of aryl methyl sites for hydroxylation is 1. The van der Waals surface area contributed by atoms with E-state index in [0.717, 1.165) is 19.1 Å². The number of hydrogen-bond acceptors (Lipinski definition) is 4. The summed E-state index contributed by atoms with van der Waals surface area (Å²) in [6.07, 6.45) is 4.64. The fourth-order valence-corrected chi connectivity index (χ4v) is 3.30. The number of sulfonamides is 1. The molecule has 0 fully saturated rings. The zero-order chi connectivity index (χ0) is 18.8. The minimum Gasteiger partial charge on any atom is -0.356 e. The molecule has 26 heavy (non-hydrogen) atoms. The van der Waals surface area contributed by atoms with Crippen molar-refractivity contribution in [3.8, 4) is 0 Å². The van der Waals surface area contributed by atoms with Crippen molar-refractivity contribution < 1.29 is 13.2 Å². The van der Waals surface area contributed by atoms with Gasteiger partial charge in [-0.3, -0.25) is 9.78 Å². The topological polar surface area (TPSA) is 79.4 Å². The first kappa shape index (κ1) is 20.1. The van der Waals surface area contributed by atoms with E-state index in [1.165, 1.54) is 9.87 Å². The van der Waals surface area contributed by atoms with Gasteiger partial charge in [0.2, 0.25) is 15.9 Å². The molecule has 0 saturated carbocycles. The molecule has 1 aromatic heterocycles. The van der Waals surface area contributed by atoms with E-state index in [2.05, 4.69) is 22.4 Å². The molecule has 0 unspecified atom stereocenters. The van der Waals surface area contributed by atoms with Crippen LogP contribution >= 0.6 is 0 Å². The summed E-state index contributed by atoms with van der Waals surface area (Å²) in [6, 6.07) is 15.4. The molecule has 0 aliphatic heterocycles. The first-order valence-corrected chi connectivity index (χ1v) is 10.5. The highest BCUT2D eigenvalue weighted by Crippen LogP contribution is 2.07. The molecule has 0 atom stereocenters. The lowest BCUT2D eigenvalue weighted by Crippen LogP contribution is -2.34. The Labute approximate surface area is 155 Å². The van der Waals surface area contributed by atoms with Gasteiger partial charge in [-0.05, 0) is 30.5 Å². The van der Waals surface area contributed by atoms with Crippen molar-refractivity contribution in [2.45, 2.75) is 25.8 Å². The molecule has 0 aliphatic rings. The van der Waals surface area contributed by atoms with Crippen LogP contribution < -0.4 is 5.32 Å². The molecule has 140 valence electrons. The molecule has 0 radical (unpaired) electrons. The summed E-state index contributed by atoms with van der Waals surface area (Å²) in [5.74, 6) is -0.146. The summed E-state index contributed by atoms with van der Waals surface area (Å²) < 4.78 is 25.1. The van der Waals surface area contributed by atoms with Crippen LogP contribution in [0.2, 0.25) is 0 Å². The second kappa shape index (κ2) is 10.0. The molecule has 1 N–H and O–H groups in total. The van der Waals surface area contributed by atoms with Gasteiger partial charge in [0, 0.05) is 25.7 Å². The van der Waals surface area contributed by atoms with Gasteiger partial charge in [0.05, 0.1) is 18.5 Å². The van der Waals surface area contributed by atoms with Gasteiger partial charge >= 0.3 is 0 Å². The van der Waals surface area contributed by atoms with Crippen LogP contribution in [0, 0.1) is 0 Å². The van der Waals surface area contributed by atoms with Crippen LogP contribution in [0.15, 0.2) is 54.7 Å². The Hall–Kier alpha value is -2.25. The summed E-state index contributed by atoms with van der Waals surface area (Å²) in [7, 11) is -3.41. The molecule has 2 aromatic rings. The van der Waals surface area contributed by atoms with Gasteiger partial charge in [0.15, 0.2) is 0 Å². The van der Waals surface area contributed by atoms with Crippen LogP contribution in [0.5, 0.6) is 0 Å². The average molecular weight is 375 g/mol. The summed E-state index contributed by atoms with van der Waals surface area (Å²) in [6.45, 7) is 0.883. The molecule has 1 aromatic carbocycles. The van der Waals surface area contributed by atoms with Gasteiger partial charge in [-0.1, -0.05) is 36.4 Å². The number of amides is 1. The van der Waals surface area contributed by atoms with Gasteiger partial charge < -0.3 is 5.32 Å². The summed E-state index contributed by atoms with van der Waals surface area (Å²) in [4.78, 5) is 16.1. The molecular weight excluding hydrogens is 350 g/mol. The zero-order valence-electron chi connectivity index (χ0n) is 15.0. The summed E-state index contributed by atoms with van der Waals surface area (Å²) >= 11 is 0. The number of benzene rings is 1. The molecule has 0 saturated heterocycles. The lowest BCUT2D eigenvalue weighted by molar-refractivity contribution is -0.121. The van der Waals surface area contributed by atoms with Crippen molar-refractivity contribution in [1.82, 2.24) is 14.6 Å². The molecule has 7 heteroatoms. The Morgan fingerprint density at radius 3 is 2.50 bits per heavy atom. The number of pyridine rings is 1. The van der Waals surface area contributed by atoms with Gasteiger partial charge in [-0.25, -0.2) is 8.42 Å². The molecule has 0 bridgehead atoms. The van der Waals surface area contributed by atoms with Crippen molar-refractivity contribution in [3.63, 3.8) is 0 Å². The molecule has 0 aliphatic carbocycles. The third kappa shape index (κ3) is 7.33. The van der Waals surface area contributed by atoms with E-state index in [9.17, 15) is 13.2 Å². The van der Waals surface area contributed by atoms with Crippen molar-refractivity contribution in [3.05, 3.63) is 66.0 Å².